The molecule has 1 aliphatic carbocycles. The van der Waals surface area contributed by atoms with Crippen molar-refractivity contribution in [3.63, 3.8) is 0 Å². The molecule has 3 fully saturated rings. The lowest BCUT2D eigenvalue weighted by atomic mass is 9.47. The zero-order chi connectivity index (χ0) is 38.9. The highest BCUT2D eigenvalue weighted by Crippen LogP contribution is 2.67. The number of aromatic nitrogens is 1. The second kappa shape index (κ2) is 12.6. The van der Waals surface area contributed by atoms with E-state index in [9.17, 15) is 25.2 Å². The van der Waals surface area contributed by atoms with Crippen LogP contribution in [0.2, 0.25) is 0 Å². The molecule has 1 aromatic heterocycles. The topological polar surface area (TPSA) is 136 Å². The first-order chi connectivity index (χ1) is 26.2. The van der Waals surface area contributed by atoms with Gasteiger partial charge in [0.15, 0.2) is 5.60 Å². The average molecular weight is 752 g/mol. The maximum atomic E-state index is 14.5. The summed E-state index contributed by atoms with van der Waals surface area (Å²) in [5.41, 5.74) is 3.37. The minimum Gasteiger partial charge on any atom is -0.392 e. The SMILES string of the molecule is CCC1(O)C[C@H]2CN(CCc3c([nH]c4ccccc34)[C@@](C)(c3cc4c(cc3C)N(C)C3C45CCN4CC=C[C@](CC)(C45)[C@@H](O)[C@]3(O)C(=O)NC[C@@H](C)O)C2)C1. The van der Waals surface area contributed by atoms with E-state index in [0.717, 1.165) is 80.6 Å². The number of benzene rings is 2. The first-order valence-corrected chi connectivity index (χ1v) is 20.9. The Morgan fingerprint density at radius 2 is 1.85 bits per heavy atom. The minimum atomic E-state index is -2.16. The van der Waals surface area contributed by atoms with Gasteiger partial charge >= 0.3 is 0 Å². The number of likely N-dealkylation sites (N-methyl/N-ethyl adjacent to an activating group) is 1. The van der Waals surface area contributed by atoms with Crippen molar-refractivity contribution >= 4 is 22.5 Å². The fourth-order valence-electron chi connectivity index (χ4n) is 13.4. The van der Waals surface area contributed by atoms with Gasteiger partial charge in [0.05, 0.1) is 17.7 Å². The van der Waals surface area contributed by atoms with Crippen LogP contribution in [0.5, 0.6) is 0 Å². The van der Waals surface area contributed by atoms with E-state index >= 15 is 0 Å². The summed E-state index contributed by atoms with van der Waals surface area (Å²) in [6, 6.07) is 12.5. The summed E-state index contributed by atoms with van der Waals surface area (Å²) in [5, 5.41) is 51.9. The molecule has 3 aromatic rings. The molecule has 0 radical (unpaired) electrons. The van der Waals surface area contributed by atoms with Gasteiger partial charge in [0.1, 0.15) is 6.10 Å². The fraction of sp³-hybridized carbons (Fsp3) is 0.622. The monoisotopic (exact) mass is 751 g/mol. The summed E-state index contributed by atoms with van der Waals surface area (Å²) in [6.07, 6.45) is 6.56. The highest BCUT2D eigenvalue weighted by Gasteiger charge is 2.78. The summed E-state index contributed by atoms with van der Waals surface area (Å²) < 4.78 is 0. The number of amides is 1. The van der Waals surface area contributed by atoms with E-state index in [1.807, 2.05) is 7.05 Å². The lowest BCUT2D eigenvalue weighted by molar-refractivity contribution is -0.203. The summed E-state index contributed by atoms with van der Waals surface area (Å²) in [5.74, 6) is -0.366. The van der Waals surface area contributed by atoms with Crippen LogP contribution in [0.15, 0.2) is 48.6 Å². The third-order valence-corrected chi connectivity index (χ3v) is 15.6. The van der Waals surface area contributed by atoms with Crippen LogP contribution in [0.1, 0.15) is 87.7 Å². The number of rotatable bonds is 6. The number of hydrogen-bond donors (Lipinski definition) is 6. The van der Waals surface area contributed by atoms with Crippen molar-refractivity contribution in [3.8, 4) is 0 Å². The number of anilines is 1. The summed E-state index contributed by atoms with van der Waals surface area (Å²) in [6.45, 7) is 14.5. The van der Waals surface area contributed by atoms with Crippen molar-refractivity contribution in [3.05, 3.63) is 76.5 Å². The lowest BCUT2D eigenvalue weighted by Crippen LogP contribution is -2.81. The molecule has 296 valence electrons. The molecule has 5 unspecified atom stereocenters. The van der Waals surface area contributed by atoms with E-state index in [1.54, 1.807) is 6.92 Å². The van der Waals surface area contributed by atoms with E-state index < -0.39 is 51.6 Å². The van der Waals surface area contributed by atoms with Crippen LogP contribution in [-0.2, 0) is 22.0 Å². The Morgan fingerprint density at radius 1 is 1.07 bits per heavy atom. The van der Waals surface area contributed by atoms with Crippen LogP contribution >= 0.6 is 0 Å². The van der Waals surface area contributed by atoms with E-state index in [0.29, 0.717) is 13.0 Å². The number of carbonyl (C=O) groups excluding carboxylic acids is 1. The van der Waals surface area contributed by atoms with Crippen molar-refractivity contribution in [2.24, 2.45) is 11.3 Å². The molecule has 6 aliphatic rings. The number of aliphatic hydroxyl groups excluding tert-OH is 2. The smallest absolute Gasteiger partial charge is 0.257 e. The van der Waals surface area contributed by atoms with Crippen LogP contribution < -0.4 is 10.2 Å². The second-order valence-corrected chi connectivity index (χ2v) is 18.7. The van der Waals surface area contributed by atoms with E-state index in [2.05, 4.69) is 101 Å². The molecule has 2 saturated heterocycles. The van der Waals surface area contributed by atoms with Crippen molar-refractivity contribution in [2.45, 2.75) is 119 Å². The van der Waals surface area contributed by atoms with Crippen molar-refractivity contribution in [1.82, 2.24) is 20.1 Å². The number of H-pyrrole nitrogens is 1. The normalized spacial score (nSPS) is 39.7. The van der Waals surface area contributed by atoms with Crippen LogP contribution in [0.3, 0.4) is 0 Å². The third kappa shape index (κ3) is 4.97. The maximum absolute atomic E-state index is 14.5. The zero-order valence-corrected chi connectivity index (χ0v) is 33.5. The van der Waals surface area contributed by atoms with E-state index in [-0.39, 0.29) is 18.5 Å². The third-order valence-electron chi connectivity index (χ3n) is 15.6. The summed E-state index contributed by atoms with van der Waals surface area (Å²) in [7, 11) is 1.98. The average Bonchev–Trinajstić information content (AvgIpc) is 3.82. The Morgan fingerprint density at radius 3 is 2.60 bits per heavy atom. The van der Waals surface area contributed by atoms with Crippen LogP contribution in [-0.4, -0.2) is 123 Å². The molecule has 10 heteroatoms. The Balaban J connectivity index is 1.28. The molecule has 5 aliphatic heterocycles. The zero-order valence-electron chi connectivity index (χ0n) is 33.5. The highest BCUT2D eigenvalue weighted by molar-refractivity contribution is 5.90. The van der Waals surface area contributed by atoms with Gasteiger partial charge in [0.2, 0.25) is 0 Å². The summed E-state index contributed by atoms with van der Waals surface area (Å²) in [4.78, 5) is 25.5. The lowest BCUT2D eigenvalue weighted by Gasteiger charge is -2.63. The van der Waals surface area contributed by atoms with Crippen LogP contribution in [0.4, 0.5) is 5.69 Å². The minimum absolute atomic E-state index is 0.0189. The highest BCUT2D eigenvalue weighted by atomic mass is 16.4. The first kappa shape index (κ1) is 37.3. The molecule has 1 spiro atoms. The number of piperidine rings is 1. The van der Waals surface area contributed by atoms with E-state index in [4.69, 9.17) is 0 Å². The predicted octanol–water partition coefficient (Wildman–Crippen LogP) is 3.89. The molecule has 9 rings (SSSR count). The van der Waals surface area contributed by atoms with Crippen molar-refractivity contribution in [1.29, 1.82) is 0 Å². The van der Waals surface area contributed by atoms with Gasteiger partial charge in [-0.1, -0.05) is 50.3 Å². The first-order valence-electron chi connectivity index (χ1n) is 20.9. The quantitative estimate of drug-likeness (QED) is 0.209. The molecule has 6 N–H and O–H groups in total. The fourth-order valence-corrected chi connectivity index (χ4v) is 13.4. The Bertz CT molecular complexity index is 2060. The van der Waals surface area contributed by atoms with Gasteiger partial charge < -0.3 is 35.6 Å². The van der Waals surface area contributed by atoms with Crippen molar-refractivity contribution in [2.75, 3.05) is 51.2 Å². The molecule has 1 saturated carbocycles. The van der Waals surface area contributed by atoms with Crippen LogP contribution in [0.25, 0.3) is 10.9 Å². The molecule has 1 amide bonds. The molecule has 2 aromatic carbocycles. The maximum Gasteiger partial charge on any atom is 0.257 e. The number of para-hydroxylation sites is 1. The van der Waals surface area contributed by atoms with Crippen LogP contribution in [0, 0.1) is 18.3 Å². The number of nitrogens with zero attached hydrogens (tertiary/aromatic N) is 3. The number of aromatic amines is 1. The second-order valence-electron chi connectivity index (χ2n) is 18.7. The number of nitrogens with one attached hydrogen (secondary N) is 2. The summed E-state index contributed by atoms with van der Waals surface area (Å²) >= 11 is 0. The Kier molecular flexibility index (Phi) is 8.57. The standard InChI is InChI=1S/C45H61N5O5/c1-7-42(54)23-29-22-41(5,36-31(14-18-49(25-29)26-42)30-12-9-10-13-34(30)47-36)32-21-33-35(20-27(32)3)48(6)38-44(33)16-19-50-17-11-15-43(8-2,37(44)50)39(52)45(38,55)40(53)46-24-28(4)51/h9-13,15,20-21,28-29,37-39,47,51-52,54-55H,7-8,14,16-19,22-26H2,1-6H3,(H,46,53)/t28-,29+,37?,38?,39-,41-,42?,43-,44?,45+/m1/s1. The number of carbonyl (C=O) groups is 1. The van der Waals surface area contributed by atoms with Gasteiger partial charge in [-0.3, -0.25) is 14.6 Å². The molecular formula is C45H61N5O5. The molecular weight excluding hydrogens is 691 g/mol. The number of aryl methyl sites for hydroxylation is 1. The predicted molar refractivity (Wildman–Crippen MR) is 215 cm³/mol. The molecule has 11 atom stereocenters. The number of fused-ring (bicyclic) bond motifs is 6. The number of hydrogen-bond acceptors (Lipinski definition) is 8. The Labute approximate surface area is 325 Å². The number of aliphatic hydroxyl groups is 4. The Hall–Kier alpha value is -3.25. The van der Waals surface area contributed by atoms with Gasteiger partial charge in [0.25, 0.3) is 5.91 Å². The molecule has 55 heavy (non-hydrogen) atoms. The van der Waals surface area contributed by atoms with Gasteiger partial charge in [-0.25, -0.2) is 0 Å². The van der Waals surface area contributed by atoms with Crippen molar-refractivity contribution < 1.29 is 25.2 Å². The van der Waals surface area contributed by atoms with E-state index in [1.165, 1.54) is 22.2 Å². The van der Waals surface area contributed by atoms with Gasteiger partial charge in [0, 0.05) is 84.3 Å². The molecule has 6 heterocycles. The van der Waals surface area contributed by atoms with Gasteiger partial charge in [-0.2, -0.15) is 0 Å². The van der Waals surface area contributed by atoms with Gasteiger partial charge in [-0.15, -0.1) is 0 Å². The molecule has 2 bridgehead atoms. The van der Waals surface area contributed by atoms with Gasteiger partial charge in [-0.05, 0) is 106 Å². The largest absolute Gasteiger partial charge is 0.392 e. The molecule has 10 nitrogen and oxygen atoms in total.